The van der Waals surface area contributed by atoms with Gasteiger partial charge in [0, 0.05) is 6.04 Å². The molecule has 4 nitrogen and oxygen atoms in total. The fraction of sp³-hybridized carbons (Fsp3) is 0.308. The molecule has 5 heteroatoms. The molecule has 1 atom stereocenters. The standard InChI is InChI=1S/C13H15FN2O2/c14-9-6-7-10(11(12(9)15)13(17)18)16-8-4-2-1-3-5-8/h1-2,6-8,16H,3-5,15H2,(H,17,18). The van der Waals surface area contributed by atoms with Gasteiger partial charge in [-0.25, -0.2) is 9.18 Å². The van der Waals surface area contributed by atoms with Crippen LogP contribution in [0.5, 0.6) is 0 Å². The van der Waals surface area contributed by atoms with E-state index in [2.05, 4.69) is 17.5 Å². The summed E-state index contributed by atoms with van der Waals surface area (Å²) in [6, 6.07) is 2.77. The molecule has 0 fully saturated rings. The Balaban J connectivity index is 2.29. The number of halogens is 1. The van der Waals surface area contributed by atoms with Crippen molar-refractivity contribution in [3.8, 4) is 0 Å². The molecule has 96 valence electrons. The summed E-state index contributed by atoms with van der Waals surface area (Å²) in [6.45, 7) is 0. The van der Waals surface area contributed by atoms with Crippen LogP contribution in [0, 0.1) is 5.82 Å². The topological polar surface area (TPSA) is 75.3 Å². The fourth-order valence-corrected chi connectivity index (χ4v) is 2.09. The second-order valence-corrected chi connectivity index (χ2v) is 4.31. The lowest BCUT2D eigenvalue weighted by atomic mass is 10.0. The molecular weight excluding hydrogens is 235 g/mol. The van der Waals surface area contributed by atoms with E-state index in [9.17, 15) is 9.18 Å². The van der Waals surface area contributed by atoms with Crippen molar-refractivity contribution in [2.75, 3.05) is 11.1 Å². The van der Waals surface area contributed by atoms with Crippen LogP contribution in [0.4, 0.5) is 15.8 Å². The van der Waals surface area contributed by atoms with Gasteiger partial charge >= 0.3 is 5.97 Å². The average Bonchev–Trinajstić information content (AvgIpc) is 2.35. The molecule has 0 aromatic heterocycles. The normalized spacial score (nSPS) is 18.6. The van der Waals surface area contributed by atoms with Gasteiger partial charge in [0.1, 0.15) is 11.4 Å². The lowest BCUT2D eigenvalue weighted by Gasteiger charge is -2.22. The van der Waals surface area contributed by atoms with E-state index in [0.29, 0.717) is 5.69 Å². The Bertz CT molecular complexity index is 500. The molecule has 2 rings (SSSR count). The summed E-state index contributed by atoms with van der Waals surface area (Å²) in [5.74, 6) is -1.93. The summed E-state index contributed by atoms with van der Waals surface area (Å²) in [5, 5.41) is 12.2. The lowest BCUT2D eigenvalue weighted by molar-refractivity contribution is 0.0698. The summed E-state index contributed by atoms with van der Waals surface area (Å²) in [4.78, 5) is 11.1. The third kappa shape index (κ3) is 2.45. The minimum atomic E-state index is -1.22. The summed E-state index contributed by atoms with van der Waals surface area (Å²) in [6.07, 6.45) is 6.85. The number of carboxylic acids is 1. The monoisotopic (exact) mass is 250 g/mol. The second kappa shape index (κ2) is 5.08. The Hall–Kier alpha value is -2.04. The first kappa shape index (κ1) is 12.4. The molecule has 0 amide bonds. The molecule has 0 heterocycles. The zero-order valence-corrected chi connectivity index (χ0v) is 9.82. The van der Waals surface area contributed by atoms with Gasteiger partial charge in [-0.05, 0) is 31.4 Å². The summed E-state index contributed by atoms with van der Waals surface area (Å²) < 4.78 is 13.3. The van der Waals surface area contributed by atoms with Crippen LogP contribution in [0.1, 0.15) is 29.6 Å². The number of nitrogen functional groups attached to an aromatic ring is 1. The predicted molar refractivity (Wildman–Crippen MR) is 68.2 cm³/mol. The van der Waals surface area contributed by atoms with Crippen LogP contribution in [0.3, 0.4) is 0 Å². The molecule has 18 heavy (non-hydrogen) atoms. The van der Waals surface area contributed by atoms with Crippen LogP contribution in [0.25, 0.3) is 0 Å². The number of hydrogen-bond donors (Lipinski definition) is 3. The van der Waals surface area contributed by atoms with Crippen LogP contribution in [-0.2, 0) is 0 Å². The smallest absolute Gasteiger partial charge is 0.340 e. The SMILES string of the molecule is Nc1c(F)ccc(NC2CC=CCC2)c1C(=O)O. The minimum Gasteiger partial charge on any atom is -0.478 e. The van der Waals surface area contributed by atoms with Crippen molar-refractivity contribution in [2.24, 2.45) is 0 Å². The van der Waals surface area contributed by atoms with Crippen LogP contribution in [0.15, 0.2) is 24.3 Å². The number of benzene rings is 1. The maximum atomic E-state index is 13.3. The first-order valence-electron chi connectivity index (χ1n) is 5.82. The number of rotatable bonds is 3. The lowest BCUT2D eigenvalue weighted by Crippen LogP contribution is -2.22. The van der Waals surface area contributed by atoms with Crippen molar-refractivity contribution in [2.45, 2.75) is 25.3 Å². The van der Waals surface area contributed by atoms with Crippen molar-refractivity contribution in [1.82, 2.24) is 0 Å². The van der Waals surface area contributed by atoms with Crippen molar-refractivity contribution in [3.05, 3.63) is 35.7 Å². The first-order valence-corrected chi connectivity index (χ1v) is 5.82. The van der Waals surface area contributed by atoms with Gasteiger partial charge in [-0.15, -0.1) is 0 Å². The van der Waals surface area contributed by atoms with Crippen LogP contribution < -0.4 is 11.1 Å². The number of nitrogens with two attached hydrogens (primary N) is 1. The Morgan fingerprint density at radius 2 is 2.22 bits per heavy atom. The molecule has 1 aromatic rings. The first-order chi connectivity index (χ1) is 8.59. The van der Waals surface area contributed by atoms with Crippen molar-refractivity contribution in [1.29, 1.82) is 0 Å². The van der Waals surface area contributed by atoms with Gasteiger partial charge in [0.25, 0.3) is 0 Å². The van der Waals surface area contributed by atoms with E-state index in [-0.39, 0.29) is 17.3 Å². The van der Waals surface area contributed by atoms with E-state index in [4.69, 9.17) is 10.8 Å². The van der Waals surface area contributed by atoms with E-state index in [1.54, 1.807) is 0 Å². The van der Waals surface area contributed by atoms with Crippen LogP contribution in [-0.4, -0.2) is 17.1 Å². The third-order valence-electron chi connectivity index (χ3n) is 3.03. The number of nitrogens with one attached hydrogen (secondary N) is 1. The maximum absolute atomic E-state index is 13.3. The summed E-state index contributed by atoms with van der Waals surface area (Å²) in [7, 11) is 0. The van der Waals surface area contributed by atoms with Gasteiger partial charge < -0.3 is 16.2 Å². The summed E-state index contributed by atoms with van der Waals surface area (Å²) >= 11 is 0. The van der Waals surface area contributed by atoms with Gasteiger partial charge in [-0.3, -0.25) is 0 Å². The quantitative estimate of drug-likeness (QED) is 0.569. The minimum absolute atomic E-state index is 0.165. The number of carbonyl (C=O) groups is 1. The summed E-state index contributed by atoms with van der Waals surface area (Å²) in [5.41, 5.74) is 5.35. The van der Waals surface area contributed by atoms with E-state index in [1.807, 2.05) is 0 Å². The highest BCUT2D eigenvalue weighted by atomic mass is 19.1. The second-order valence-electron chi connectivity index (χ2n) is 4.31. The molecule has 0 radical (unpaired) electrons. The Kier molecular flexibility index (Phi) is 3.50. The zero-order valence-electron chi connectivity index (χ0n) is 9.82. The zero-order chi connectivity index (χ0) is 13.1. The van der Waals surface area contributed by atoms with Crippen molar-refractivity contribution >= 4 is 17.3 Å². The number of hydrogen-bond acceptors (Lipinski definition) is 3. The molecule has 0 bridgehead atoms. The molecule has 1 aliphatic rings. The molecule has 0 saturated heterocycles. The van der Waals surface area contributed by atoms with Crippen LogP contribution >= 0.6 is 0 Å². The largest absolute Gasteiger partial charge is 0.478 e. The number of anilines is 2. The van der Waals surface area contributed by atoms with Crippen molar-refractivity contribution < 1.29 is 14.3 Å². The number of allylic oxidation sites excluding steroid dienone is 1. The fourth-order valence-electron chi connectivity index (χ4n) is 2.09. The van der Waals surface area contributed by atoms with Crippen molar-refractivity contribution in [3.63, 3.8) is 0 Å². The van der Waals surface area contributed by atoms with Crippen LogP contribution in [0.2, 0.25) is 0 Å². The Labute approximate surface area is 104 Å². The van der Waals surface area contributed by atoms with Gasteiger partial charge in [0.2, 0.25) is 0 Å². The maximum Gasteiger partial charge on any atom is 0.340 e. The molecule has 0 spiro atoms. The molecule has 0 saturated carbocycles. The van der Waals surface area contributed by atoms with E-state index in [0.717, 1.165) is 19.3 Å². The molecule has 1 aromatic carbocycles. The van der Waals surface area contributed by atoms with Gasteiger partial charge in [0.15, 0.2) is 0 Å². The number of aromatic carboxylic acids is 1. The van der Waals surface area contributed by atoms with E-state index >= 15 is 0 Å². The molecule has 1 aliphatic carbocycles. The average molecular weight is 250 g/mol. The van der Waals surface area contributed by atoms with Gasteiger partial charge in [-0.2, -0.15) is 0 Å². The number of carboxylic acid groups (broad SMARTS) is 1. The Morgan fingerprint density at radius 3 is 2.83 bits per heavy atom. The highest BCUT2D eigenvalue weighted by Gasteiger charge is 2.19. The van der Waals surface area contributed by atoms with E-state index < -0.39 is 11.8 Å². The molecular formula is C13H15FN2O2. The highest BCUT2D eigenvalue weighted by Crippen LogP contribution is 2.27. The highest BCUT2D eigenvalue weighted by molar-refractivity contribution is 6.00. The Morgan fingerprint density at radius 1 is 1.44 bits per heavy atom. The third-order valence-corrected chi connectivity index (χ3v) is 3.03. The van der Waals surface area contributed by atoms with Gasteiger partial charge in [-0.1, -0.05) is 12.2 Å². The van der Waals surface area contributed by atoms with E-state index in [1.165, 1.54) is 12.1 Å². The molecule has 0 aliphatic heterocycles. The molecule has 4 N–H and O–H groups in total. The molecule has 1 unspecified atom stereocenters. The van der Waals surface area contributed by atoms with Gasteiger partial charge in [0.05, 0.1) is 11.4 Å². The predicted octanol–water partition coefficient (Wildman–Crippen LogP) is 2.63.